The maximum Gasteiger partial charge on any atom is 0.338 e. The standard InChI is InChI=1S/C43H68O11Si2/c1-13-55(14-2,15-3)53-32-24-33-42(26-49-33,52-29(9)45)36-38(51-39(47)30-22-20-19-21-23-30)43(48)25-31(46)27(7)34(40(43,10)11)35(54-56(16-4,17-5)18-6)37(41(32,36)12)50-28(8)44/h19-23,31-33,35-38,46,48H,13-18,24-26H2,1-12H3/t31-,32-,33+,35+,36?,37+,38?,41+,42-,43+/m0/s1. The molecule has 0 radical (unpaired) electrons. The molecule has 2 N–H and O–H groups in total. The van der Waals surface area contributed by atoms with E-state index in [4.69, 9.17) is 27.8 Å². The number of fused-ring (bicyclic) bond motifs is 5. The lowest BCUT2D eigenvalue weighted by Crippen LogP contribution is -2.83. The highest BCUT2D eigenvalue weighted by atomic mass is 28.4. The smallest absolute Gasteiger partial charge is 0.338 e. The molecule has 3 aliphatic carbocycles. The van der Waals surface area contributed by atoms with Crippen LogP contribution in [-0.2, 0) is 37.4 Å². The summed E-state index contributed by atoms with van der Waals surface area (Å²) in [6.07, 6.45) is -5.83. The number of carbonyl (C=O) groups is 3. The summed E-state index contributed by atoms with van der Waals surface area (Å²) in [5.74, 6) is -2.85. The van der Waals surface area contributed by atoms with Crippen LogP contribution in [0.4, 0.5) is 0 Å². The van der Waals surface area contributed by atoms with Crippen LogP contribution in [0.3, 0.4) is 0 Å². The van der Waals surface area contributed by atoms with Crippen molar-refractivity contribution in [3.8, 4) is 0 Å². The Kier molecular flexibility index (Phi) is 13.0. The zero-order chi connectivity index (χ0) is 41.6. The molecule has 1 heterocycles. The Bertz CT molecular complexity index is 1620. The summed E-state index contributed by atoms with van der Waals surface area (Å²) in [6.45, 7) is 23.2. The van der Waals surface area contributed by atoms with E-state index < -0.39 is 99.1 Å². The Morgan fingerprint density at radius 3 is 1.86 bits per heavy atom. The highest BCUT2D eigenvalue weighted by molar-refractivity contribution is 6.74. The van der Waals surface area contributed by atoms with E-state index in [1.165, 1.54) is 13.8 Å². The van der Waals surface area contributed by atoms with Crippen molar-refractivity contribution in [1.29, 1.82) is 0 Å². The first kappa shape index (κ1) is 44.7. The second-order valence-corrected chi connectivity index (χ2v) is 27.1. The number of hydrogen-bond acceptors (Lipinski definition) is 11. The zero-order valence-electron chi connectivity index (χ0n) is 35.9. The Labute approximate surface area is 336 Å². The molecule has 0 spiro atoms. The van der Waals surface area contributed by atoms with Crippen LogP contribution in [0.1, 0.15) is 106 Å². The van der Waals surface area contributed by atoms with Crippen LogP contribution in [-0.4, -0.2) is 99.2 Å². The second-order valence-electron chi connectivity index (χ2n) is 17.6. The summed E-state index contributed by atoms with van der Waals surface area (Å²) in [7, 11) is -5.04. The van der Waals surface area contributed by atoms with Gasteiger partial charge < -0.3 is 38.0 Å². The van der Waals surface area contributed by atoms with E-state index in [0.717, 1.165) is 36.3 Å². The average Bonchev–Trinajstić information content (AvgIpc) is 3.16. The minimum absolute atomic E-state index is 0.0435. The van der Waals surface area contributed by atoms with Crippen molar-refractivity contribution in [2.24, 2.45) is 16.7 Å². The van der Waals surface area contributed by atoms with E-state index in [9.17, 15) is 24.6 Å². The van der Waals surface area contributed by atoms with Crippen molar-refractivity contribution in [2.45, 2.75) is 180 Å². The van der Waals surface area contributed by atoms with Gasteiger partial charge in [0.15, 0.2) is 22.2 Å². The third kappa shape index (κ3) is 7.08. The minimum Gasteiger partial charge on any atom is -0.459 e. The molecule has 10 atom stereocenters. The van der Waals surface area contributed by atoms with E-state index in [1.54, 1.807) is 30.3 Å². The molecule has 314 valence electrons. The van der Waals surface area contributed by atoms with Crippen LogP contribution in [0.15, 0.2) is 41.5 Å². The lowest BCUT2D eigenvalue weighted by molar-refractivity contribution is -0.363. The maximum absolute atomic E-state index is 14.5. The van der Waals surface area contributed by atoms with Gasteiger partial charge in [-0.3, -0.25) is 9.59 Å². The third-order valence-electron chi connectivity index (χ3n) is 15.0. The van der Waals surface area contributed by atoms with Gasteiger partial charge in [0.05, 0.1) is 30.3 Å². The summed E-state index contributed by atoms with van der Waals surface area (Å²) in [5, 5.41) is 25.9. The molecule has 0 aromatic heterocycles. The first-order chi connectivity index (χ1) is 26.3. The summed E-state index contributed by atoms with van der Waals surface area (Å²) < 4.78 is 41.4. The molecule has 13 heteroatoms. The number of aliphatic hydroxyl groups is 2. The summed E-state index contributed by atoms with van der Waals surface area (Å²) in [4.78, 5) is 41.5. The molecule has 56 heavy (non-hydrogen) atoms. The molecule has 2 unspecified atom stereocenters. The number of aliphatic hydroxyl groups excluding tert-OH is 1. The van der Waals surface area contributed by atoms with Crippen molar-refractivity contribution in [2.75, 3.05) is 6.61 Å². The number of ether oxygens (including phenoxy) is 4. The van der Waals surface area contributed by atoms with Crippen molar-refractivity contribution in [3.05, 3.63) is 47.0 Å². The van der Waals surface area contributed by atoms with Gasteiger partial charge in [-0.2, -0.15) is 0 Å². The van der Waals surface area contributed by atoms with Crippen molar-refractivity contribution < 1.29 is 52.4 Å². The van der Waals surface area contributed by atoms with Gasteiger partial charge in [-0.1, -0.05) is 80.5 Å². The summed E-state index contributed by atoms with van der Waals surface area (Å²) >= 11 is 0. The molecule has 5 rings (SSSR count). The van der Waals surface area contributed by atoms with Gasteiger partial charge in [-0.05, 0) is 66.5 Å². The van der Waals surface area contributed by atoms with E-state index in [-0.39, 0.29) is 18.6 Å². The number of hydrogen-bond donors (Lipinski definition) is 2. The normalized spacial score (nSPS) is 35.2. The summed E-state index contributed by atoms with van der Waals surface area (Å²) in [5.41, 5.74) is -4.44. The Morgan fingerprint density at radius 2 is 1.38 bits per heavy atom. The highest BCUT2D eigenvalue weighted by Crippen LogP contribution is 2.66. The van der Waals surface area contributed by atoms with E-state index in [0.29, 0.717) is 17.6 Å². The highest BCUT2D eigenvalue weighted by Gasteiger charge is 2.79. The van der Waals surface area contributed by atoms with Crippen molar-refractivity contribution in [3.63, 3.8) is 0 Å². The van der Waals surface area contributed by atoms with Crippen LogP contribution in [0, 0.1) is 16.7 Å². The van der Waals surface area contributed by atoms with Gasteiger partial charge in [0.1, 0.15) is 30.0 Å². The fraction of sp³-hybridized carbons (Fsp3) is 0.744. The van der Waals surface area contributed by atoms with Crippen molar-refractivity contribution in [1.82, 2.24) is 0 Å². The number of rotatable bonds is 14. The quantitative estimate of drug-likeness (QED) is 0.0833. The van der Waals surface area contributed by atoms with Crippen molar-refractivity contribution >= 4 is 34.5 Å². The van der Waals surface area contributed by atoms with Crippen LogP contribution < -0.4 is 0 Å². The van der Waals surface area contributed by atoms with Gasteiger partial charge in [-0.25, -0.2) is 4.79 Å². The van der Waals surface area contributed by atoms with Crippen LogP contribution in [0.5, 0.6) is 0 Å². The van der Waals surface area contributed by atoms with Gasteiger partial charge in [0, 0.05) is 37.5 Å². The van der Waals surface area contributed by atoms with Gasteiger partial charge in [0.25, 0.3) is 0 Å². The lowest BCUT2D eigenvalue weighted by atomic mass is 9.44. The molecule has 1 aromatic rings. The molecule has 3 fully saturated rings. The molecule has 1 aromatic carbocycles. The minimum atomic E-state index is -2.57. The first-order valence-electron chi connectivity index (χ1n) is 21.0. The number of esters is 3. The largest absolute Gasteiger partial charge is 0.459 e. The molecular formula is C43H68O11Si2. The average molecular weight is 817 g/mol. The fourth-order valence-electron chi connectivity index (χ4n) is 11.0. The van der Waals surface area contributed by atoms with Gasteiger partial charge >= 0.3 is 17.9 Å². The SMILES string of the molecule is CC[Si](CC)(CC)O[C@@H]1C2=C(C)[C@@H](O)C[C@@](O)(C(OC(=O)c3ccccc3)C3[C@@](C)([C@@H](O[Si](CC)(CC)CC)C[C@H]4OC[C@@]34OC(C)=O)[C@@H]1OC(C)=O)C2(C)C. The first-order valence-corrected chi connectivity index (χ1v) is 26.0. The zero-order valence-corrected chi connectivity index (χ0v) is 37.9. The second kappa shape index (κ2) is 16.3. The predicted octanol–water partition coefficient (Wildman–Crippen LogP) is 7.50. The van der Waals surface area contributed by atoms with Gasteiger partial charge in [-0.15, -0.1) is 0 Å². The Hall–Kier alpha value is -2.40. The van der Waals surface area contributed by atoms with Gasteiger partial charge in [0.2, 0.25) is 0 Å². The predicted molar refractivity (Wildman–Crippen MR) is 218 cm³/mol. The molecule has 2 saturated carbocycles. The van der Waals surface area contributed by atoms with Crippen LogP contribution >= 0.6 is 0 Å². The molecule has 4 aliphatic rings. The molecule has 1 saturated heterocycles. The topological polar surface area (TPSA) is 147 Å². The monoisotopic (exact) mass is 816 g/mol. The van der Waals surface area contributed by atoms with E-state index >= 15 is 0 Å². The Morgan fingerprint density at radius 1 is 0.821 bits per heavy atom. The molecule has 11 nitrogen and oxygen atoms in total. The molecule has 1 aliphatic heterocycles. The van der Waals surface area contributed by atoms with Crippen LogP contribution in [0.2, 0.25) is 36.3 Å². The lowest BCUT2D eigenvalue weighted by Gasteiger charge is -2.70. The number of carbonyl (C=O) groups excluding carboxylic acids is 3. The molecular weight excluding hydrogens is 749 g/mol. The number of benzene rings is 1. The van der Waals surface area contributed by atoms with E-state index in [2.05, 4.69) is 41.5 Å². The summed E-state index contributed by atoms with van der Waals surface area (Å²) in [6, 6.07) is 13.4. The van der Waals surface area contributed by atoms with E-state index in [1.807, 2.05) is 27.7 Å². The van der Waals surface area contributed by atoms with Crippen LogP contribution in [0.25, 0.3) is 0 Å². The Balaban J connectivity index is 1.97. The fourth-order valence-corrected chi connectivity index (χ4v) is 16.8. The maximum atomic E-state index is 14.5. The third-order valence-corrected chi connectivity index (χ3v) is 24.3. The molecule has 0 amide bonds. The molecule has 2 bridgehead atoms.